The molecule has 14 aromatic heterocycles. The zero-order valence-electron chi connectivity index (χ0n) is 74.5. The Morgan fingerprint density at radius 2 is 0.709 bits per heavy atom. The Kier molecular flexibility index (Phi) is 38.0. The molecule has 6 N–H and O–H groups in total. The Morgan fingerprint density at radius 1 is 0.298 bits per heavy atom. The fraction of sp³-hybridized carbons (Fsp3) is 0.0882. The molecule has 0 aliphatic rings. The number of alkyl halides is 2. The number of thiazole rings is 2. The van der Waals surface area contributed by atoms with Crippen LogP contribution in [-0.4, -0.2) is 120 Å². The molecule has 141 heavy (non-hydrogen) atoms. The average Bonchev–Trinajstić information content (AvgIpc) is 1.39. The van der Waals surface area contributed by atoms with Crippen LogP contribution in [0.25, 0.3) is 0 Å². The van der Waals surface area contributed by atoms with Gasteiger partial charge in [-0.15, -0.1) is 22.7 Å². The summed E-state index contributed by atoms with van der Waals surface area (Å²) in [6.07, 6.45) is 29.0. The lowest BCUT2D eigenvalue weighted by Gasteiger charge is -2.08. The summed E-state index contributed by atoms with van der Waals surface area (Å²) < 4.78 is 59.9. The molecule has 710 valence electrons. The first-order chi connectivity index (χ1) is 67.4. The van der Waals surface area contributed by atoms with Gasteiger partial charge in [0.15, 0.2) is 16.5 Å². The first-order valence-electron chi connectivity index (χ1n) is 41.6. The minimum absolute atomic E-state index is 0. The van der Waals surface area contributed by atoms with E-state index in [2.05, 4.69) is 117 Å². The maximum absolute atomic E-state index is 13.2. The van der Waals surface area contributed by atoms with Gasteiger partial charge in [-0.1, -0.05) is 97.8 Å². The Balaban J connectivity index is 0.000000161. The van der Waals surface area contributed by atoms with Crippen molar-refractivity contribution in [2.75, 3.05) is 31.9 Å². The van der Waals surface area contributed by atoms with Crippen molar-refractivity contribution in [3.05, 3.63) is 413 Å². The highest BCUT2D eigenvalue weighted by atomic mass is 32.1. The van der Waals surface area contributed by atoms with Crippen molar-refractivity contribution in [3.63, 3.8) is 0 Å². The quantitative estimate of drug-likeness (QED) is 0.0309. The number of rotatable bonds is 25. The van der Waals surface area contributed by atoms with E-state index in [4.69, 9.17) is 28.4 Å². The van der Waals surface area contributed by atoms with Crippen LogP contribution in [0.3, 0.4) is 0 Å². The summed E-state index contributed by atoms with van der Waals surface area (Å²) in [5.41, 5.74) is 10.1. The van der Waals surface area contributed by atoms with Gasteiger partial charge >= 0.3 is 0 Å². The van der Waals surface area contributed by atoms with Crippen molar-refractivity contribution in [1.82, 2.24) is 84.7 Å². The van der Waals surface area contributed by atoms with Gasteiger partial charge in [0.2, 0.25) is 17.6 Å². The fourth-order valence-corrected chi connectivity index (χ4v) is 12.8. The van der Waals surface area contributed by atoms with E-state index in [9.17, 15) is 37.5 Å². The number of hydrogen-bond donors (Lipinski definition) is 6. The molecular weight excluding hydrogens is 1840 g/mol. The Bertz CT molecular complexity index is 6800. The molecule has 0 saturated heterocycles. The van der Waals surface area contributed by atoms with Crippen LogP contribution in [0.1, 0.15) is 117 Å². The third-order valence-corrected chi connectivity index (χ3v) is 19.5. The highest BCUT2D eigenvalue weighted by Crippen LogP contribution is 2.32. The molecule has 35 nitrogen and oxygen atoms in total. The molecule has 0 fully saturated rings. The van der Waals surface area contributed by atoms with Gasteiger partial charge in [-0.05, 0) is 150 Å². The topological polar surface area (TPSA) is 449 Å². The highest BCUT2D eigenvalue weighted by molar-refractivity contribution is 7.10. The molecule has 18 rings (SSSR count). The smallest absolute Gasteiger partial charge is 0.296 e. The lowest BCUT2D eigenvalue weighted by atomic mass is 10.1. The molecule has 0 atom stereocenters. The maximum Gasteiger partial charge on any atom is 0.296 e. The molecule has 39 heteroatoms. The number of hydrogen-bond acceptors (Lipinski definition) is 31. The van der Waals surface area contributed by atoms with Crippen molar-refractivity contribution in [2.45, 2.75) is 62.3 Å². The van der Waals surface area contributed by atoms with Crippen molar-refractivity contribution in [2.24, 2.45) is 0 Å². The maximum atomic E-state index is 13.2. The van der Waals surface area contributed by atoms with E-state index < -0.39 is 16.8 Å². The lowest BCUT2D eigenvalue weighted by molar-refractivity contribution is 0.0171. The Morgan fingerprint density at radius 3 is 1.13 bits per heavy atom. The van der Waals surface area contributed by atoms with Crippen LogP contribution in [-0.2, 0) is 5.92 Å². The Hall–Kier alpha value is -18.8. The zero-order chi connectivity index (χ0) is 97.5. The number of carbonyl (C=O) groups is 6. The van der Waals surface area contributed by atoms with E-state index in [1.165, 1.54) is 91.3 Å². The molecule has 4 aromatic carbocycles. The van der Waals surface area contributed by atoms with Gasteiger partial charge in [0.1, 0.15) is 93.9 Å². The van der Waals surface area contributed by atoms with Crippen LogP contribution < -0.4 is 60.3 Å². The molecule has 14 heterocycles. The first-order valence-corrected chi connectivity index (χ1v) is 43.5. The van der Waals surface area contributed by atoms with E-state index >= 15 is 0 Å². The molecule has 0 unspecified atom stereocenters. The number of ether oxygens (including phenoxy) is 6. The number of nitrogens with one attached hydrogen (secondary N) is 6. The predicted octanol–water partition coefficient (Wildman–Crippen LogP) is 22.2. The second-order valence-electron chi connectivity index (χ2n) is 29.1. The van der Waals surface area contributed by atoms with Crippen LogP contribution >= 0.6 is 22.7 Å². The van der Waals surface area contributed by atoms with Crippen molar-refractivity contribution in [1.29, 1.82) is 0 Å². The Labute approximate surface area is 815 Å². The van der Waals surface area contributed by atoms with Crippen LogP contribution in [0.4, 0.5) is 43.4 Å². The summed E-state index contributed by atoms with van der Waals surface area (Å²) in [4.78, 5) is 141. The van der Waals surface area contributed by atoms with Crippen molar-refractivity contribution < 1.29 is 66.0 Å². The van der Waals surface area contributed by atoms with Gasteiger partial charge in [-0.25, -0.2) is 44.9 Å². The van der Waals surface area contributed by atoms with E-state index in [0.29, 0.717) is 132 Å². The van der Waals surface area contributed by atoms with Gasteiger partial charge in [0, 0.05) is 107 Å². The minimum atomic E-state index is -3.09. The number of benzene rings is 4. The van der Waals surface area contributed by atoms with E-state index in [0.717, 1.165) is 46.2 Å². The second kappa shape index (κ2) is 52.2. The molecular formula is C102H89F2N23O12S2. The molecule has 0 bridgehead atoms. The van der Waals surface area contributed by atoms with Gasteiger partial charge in [0.05, 0.1) is 91.2 Å². The van der Waals surface area contributed by atoms with Gasteiger partial charge in [-0.3, -0.25) is 58.7 Å². The monoisotopic (exact) mass is 1930 g/mol. The number of pyridine rings is 9. The normalized spacial score (nSPS) is 10.2. The van der Waals surface area contributed by atoms with Crippen molar-refractivity contribution >= 4 is 92.8 Å². The lowest BCUT2D eigenvalue weighted by Crippen LogP contribution is -2.14. The SMILES string of the molecule is C.C.CC(F)(F)c1nc(C(=O)Nc2cncc(Oc3cncnc3)c2)cs1.Cc1cccc(C(=O)Nc2cc(Oc3cccnc3)ccn2)c1.Cc1cccc(C(=O)Nc2cc(Oc3cccnc3)ncn2)c1.Cc1cccc(C(=O)Nc2cccc(Oc3ccc(C)nc3)n2)c1.Cc1cccc(C(=O)Nc2cccc(Oc3cccnc3)n2)c1.O=C(Nc1cncc(Oc2cncnc2)c1)c1cscn1. The average molecular weight is 1930 g/mol. The number of halogens is 2. The number of carbonyl (C=O) groups excluding carboxylic acids is 6. The van der Waals surface area contributed by atoms with Crippen LogP contribution in [0.15, 0.2) is 347 Å². The highest BCUT2D eigenvalue weighted by Gasteiger charge is 2.30. The number of anilines is 6. The largest absolute Gasteiger partial charge is 0.456 e. The predicted molar refractivity (Wildman–Crippen MR) is 529 cm³/mol. The van der Waals surface area contributed by atoms with Crippen molar-refractivity contribution in [3.8, 4) is 69.4 Å². The standard InChI is InChI=1S/C19H17N3O2.2C18H15N3O2.C17H14N4O2.C15H11F2N5O2S.C13H9N5O2S.2CH4/c1-13-5-3-6-15(11-13)19(23)22-17-7-4-8-18(21-17)24-16-10-9-14(2)20-12-16;1-13-5-2-6-14(11-13)18(22)21-16-8-3-9-17(20-16)23-15-7-4-10-19-12-15;1-13-4-2-5-14(10-13)18(22)21-17-11-15(7-9-20-17)23-16-6-3-8-19-12-16;1-12-4-2-5-13(8-12)17(22)21-15-9-16(20-11-19-15)23-14-6-3-7-18-10-14;1-15(16,17)14-22-12(7-25-14)13(23)21-9-2-10(4-18-3-9)24-11-5-19-8-20-6-11;19-13(12-6-21-8-17-12)18-9-1-10(3-14-2-9)20-11-4-15-7-16-5-11;;/h3-12H,1-2H3,(H,21,22,23);2*2-12H,1H3,(H,20,21,22);2-11H,1H3,(H,19,20,21,22);2-8H,1H3,(H,21,23);1-8H,(H,18,19);2*1H4. The van der Waals surface area contributed by atoms with E-state index in [1.54, 1.807) is 182 Å². The number of nitrogens with zero attached hydrogens (tertiary/aromatic N) is 17. The summed E-state index contributed by atoms with van der Waals surface area (Å²) in [5, 5.41) is 18.8. The molecule has 0 spiro atoms. The summed E-state index contributed by atoms with van der Waals surface area (Å²) in [6.45, 7) is 10.4. The summed E-state index contributed by atoms with van der Waals surface area (Å²) in [5.74, 6) is 2.55. The summed E-state index contributed by atoms with van der Waals surface area (Å²) in [6, 6.07) is 62.4. The molecule has 0 aliphatic carbocycles. The fourth-order valence-electron chi connectivity index (χ4n) is 11.6. The van der Waals surface area contributed by atoms with Crippen LogP contribution in [0.5, 0.6) is 69.4 Å². The van der Waals surface area contributed by atoms with Crippen LogP contribution in [0, 0.1) is 34.6 Å². The van der Waals surface area contributed by atoms with E-state index in [1.807, 2.05) is 120 Å². The number of aromatic nitrogens is 17. The number of amides is 6. The van der Waals surface area contributed by atoms with Crippen LogP contribution in [0.2, 0.25) is 0 Å². The number of aryl methyl sites for hydroxylation is 5. The summed E-state index contributed by atoms with van der Waals surface area (Å²) in [7, 11) is 0. The third kappa shape index (κ3) is 34.0. The molecule has 18 aromatic rings. The minimum Gasteiger partial charge on any atom is -0.456 e. The molecule has 6 amide bonds. The molecule has 0 radical (unpaired) electrons. The molecule has 0 aliphatic heterocycles. The summed E-state index contributed by atoms with van der Waals surface area (Å²) >= 11 is 2.08. The van der Waals surface area contributed by atoms with E-state index in [-0.39, 0.29) is 50.1 Å². The first kappa shape index (κ1) is 103. The van der Waals surface area contributed by atoms with Gasteiger partial charge in [-0.2, -0.15) is 18.7 Å². The zero-order valence-corrected chi connectivity index (χ0v) is 76.1. The van der Waals surface area contributed by atoms with Gasteiger partial charge < -0.3 is 60.3 Å². The third-order valence-electron chi connectivity index (χ3n) is 17.9. The van der Waals surface area contributed by atoms with Gasteiger partial charge in [0.25, 0.3) is 41.4 Å². The second-order valence-corrected chi connectivity index (χ2v) is 30.7. The molecule has 0 saturated carbocycles.